The topological polar surface area (TPSA) is 57.3 Å². The van der Waals surface area contributed by atoms with Crippen molar-refractivity contribution in [3.05, 3.63) is 94.4 Å². The van der Waals surface area contributed by atoms with Crippen molar-refractivity contribution in [3.8, 4) is 0 Å². The molecule has 3 heterocycles. The number of pyridine rings is 1. The van der Waals surface area contributed by atoms with Crippen LogP contribution in [0.1, 0.15) is 34.0 Å². The second-order valence-corrected chi connectivity index (χ2v) is 9.80. The van der Waals surface area contributed by atoms with Crippen molar-refractivity contribution >= 4 is 51.0 Å². The molecule has 0 saturated carbocycles. The van der Waals surface area contributed by atoms with E-state index in [4.69, 9.17) is 12.2 Å². The number of anilines is 1. The molecule has 1 amide bonds. The van der Waals surface area contributed by atoms with Crippen molar-refractivity contribution in [1.29, 1.82) is 0 Å². The van der Waals surface area contributed by atoms with Gasteiger partial charge in [0, 0.05) is 40.0 Å². The number of nitrogens with zero attached hydrogens (tertiary/aromatic N) is 2. The molecular formula is C26H24N4OS2. The standard InChI is InChI=1S/C26H24N4OS2/c1-17-12-13-22(33-17)25-24(21-10-4-5-15-27-21)29-26(32)30(25)16-14-23(31)28-20-11-6-8-18-7-2-3-9-19(18)20/h2-13,15,24-25H,14,16H2,1H3,(H,28,31)(H,29,32)/t24-,25+/m1/s1. The van der Waals surface area contributed by atoms with Crippen molar-refractivity contribution in [1.82, 2.24) is 15.2 Å². The van der Waals surface area contributed by atoms with E-state index in [-0.39, 0.29) is 18.0 Å². The van der Waals surface area contributed by atoms with Crippen LogP contribution in [0.3, 0.4) is 0 Å². The van der Waals surface area contributed by atoms with Crippen LogP contribution >= 0.6 is 23.6 Å². The molecule has 33 heavy (non-hydrogen) atoms. The molecular weight excluding hydrogens is 448 g/mol. The maximum atomic E-state index is 12.9. The van der Waals surface area contributed by atoms with Crippen molar-refractivity contribution < 1.29 is 4.79 Å². The average molecular weight is 473 g/mol. The number of hydrogen-bond donors (Lipinski definition) is 2. The van der Waals surface area contributed by atoms with Gasteiger partial charge in [0.05, 0.1) is 17.8 Å². The lowest BCUT2D eigenvalue weighted by atomic mass is 10.0. The number of aromatic nitrogens is 1. The number of thiophene rings is 1. The van der Waals surface area contributed by atoms with Gasteiger partial charge in [0.1, 0.15) is 0 Å². The fourth-order valence-electron chi connectivity index (χ4n) is 4.34. The summed E-state index contributed by atoms with van der Waals surface area (Å²) in [6.45, 7) is 2.62. The first kappa shape index (κ1) is 21.6. The van der Waals surface area contributed by atoms with Gasteiger partial charge in [-0.25, -0.2) is 0 Å². The number of carbonyl (C=O) groups excluding carboxylic acids is 1. The number of benzene rings is 2. The Morgan fingerprint density at radius 3 is 2.70 bits per heavy atom. The zero-order valence-corrected chi connectivity index (χ0v) is 19.8. The summed E-state index contributed by atoms with van der Waals surface area (Å²) in [5, 5.41) is 9.32. The van der Waals surface area contributed by atoms with Gasteiger partial charge in [-0.3, -0.25) is 9.78 Å². The molecule has 7 heteroatoms. The highest BCUT2D eigenvalue weighted by atomic mass is 32.1. The molecule has 0 aliphatic carbocycles. The van der Waals surface area contributed by atoms with E-state index >= 15 is 0 Å². The Labute approximate surface area is 202 Å². The zero-order valence-electron chi connectivity index (χ0n) is 18.2. The molecule has 2 atom stereocenters. The summed E-state index contributed by atoms with van der Waals surface area (Å²) in [5.74, 6) is -0.0310. The van der Waals surface area contributed by atoms with Crippen LogP contribution in [-0.2, 0) is 4.79 Å². The first-order valence-electron chi connectivity index (χ1n) is 10.9. The predicted molar refractivity (Wildman–Crippen MR) is 138 cm³/mol. The van der Waals surface area contributed by atoms with Crippen LogP contribution < -0.4 is 10.6 Å². The molecule has 1 fully saturated rings. The molecule has 5 rings (SSSR count). The third kappa shape index (κ3) is 4.47. The Bertz CT molecular complexity index is 1300. The van der Waals surface area contributed by atoms with E-state index < -0.39 is 0 Å². The molecule has 1 saturated heterocycles. The number of amides is 1. The summed E-state index contributed by atoms with van der Waals surface area (Å²) in [7, 11) is 0. The van der Waals surface area contributed by atoms with Gasteiger partial charge in [0.2, 0.25) is 5.91 Å². The highest BCUT2D eigenvalue weighted by Crippen LogP contribution is 2.41. The SMILES string of the molecule is Cc1ccc([C@H]2[C@@H](c3ccccn3)NC(=S)N2CCC(=O)Nc2cccc3ccccc23)s1. The van der Waals surface area contributed by atoms with Crippen LogP contribution in [0.2, 0.25) is 0 Å². The van der Waals surface area contributed by atoms with Crippen LogP contribution in [-0.4, -0.2) is 27.4 Å². The number of thiocarbonyl (C=S) groups is 1. The summed E-state index contributed by atoms with van der Waals surface area (Å²) in [6.07, 6.45) is 2.14. The van der Waals surface area contributed by atoms with Gasteiger partial charge in [-0.05, 0) is 54.9 Å². The van der Waals surface area contributed by atoms with E-state index in [0.717, 1.165) is 22.2 Å². The predicted octanol–water partition coefficient (Wildman–Crippen LogP) is 5.61. The largest absolute Gasteiger partial charge is 0.352 e. The molecule has 1 aliphatic rings. The maximum absolute atomic E-state index is 12.9. The third-order valence-electron chi connectivity index (χ3n) is 5.89. The second kappa shape index (κ2) is 9.29. The van der Waals surface area contributed by atoms with Crippen LogP contribution in [0.5, 0.6) is 0 Å². The van der Waals surface area contributed by atoms with Crippen molar-refractivity contribution in [3.63, 3.8) is 0 Å². The van der Waals surface area contributed by atoms with Gasteiger partial charge in [-0.15, -0.1) is 11.3 Å². The fraction of sp³-hybridized carbons (Fsp3) is 0.192. The Hall–Kier alpha value is -3.29. The number of fused-ring (bicyclic) bond motifs is 1. The van der Waals surface area contributed by atoms with Crippen LogP contribution in [0.4, 0.5) is 5.69 Å². The van der Waals surface area contributed by atoms with E-state index in [2.05, 4.69) is 39.6 Å². The Kier molecular flexibility index (Phi) is 6.07. The molecule has 1 aliphatic heterocycles. The normalized spacial score (nSPS) is 17.8. The molecule has 0 radical (unpaired) electrons. The number of nitrogens with one attached hydrogen (secondary N) is 2. The Morgan fingerprint density at radius 2 is 1.91 bits per heavy atom. The molecule has 0 bridgehead atoms. The average Bonchev–Trinajstić information content (AvgIpc) is 3.41. The minimum Gasteiger partial charge on any atom is -0.352 e. The fourth-order valence-corrected chi connectivity index (χ4v) is 5.70. The zero-order chi connectivity index (χ0) is 22.8. The van der Waals surface area contributed by atoms with Gasteiger partial charge in [-0.2, -0.15) is 0 Å². The number of rotatable bonds is 6. The molecule has 0 spiro atoms. The van der Waals surface area contributed by atoms with Gasteiger partial charge >= 0.3 is 0 Å². The molecule has 2 N–H and O–H groups in total. The Morgan fingerprint density at radius 1 is 1.09 bits per heavy atom. The number of aryl methyl sites for hydroxylation is 1. The lowest BCUT2D eigenvalue weighted by molar-refractivity contribution is -0.116. The van der Waals surface area contributed by atoms with E-state index in [1.807, 2.05) is 60.7 Å². The van der Waals surface area contributed by atoms with Gasteiger partial charge < -0.3 is 15.5 Å². The number of hydrogen-bond acceptors (Lipinski definition) is 4. The van der Waals surface area contributed by atoms with Crippen LogP contribution in [0.25, 0.3) is 10.8 Å². The van der Waals surface area contributed by atoms with Gasteiger partial charge in [-0.1, -0.05) is 42.5 Å². The van der Waals surface area contributed by atoms with Crippen LogP contribution in [0, 0.1) is 6.92 Å². The van der Waals surface area contributed by atoms with E-state index in [1.165, 1.54) is 9.75 Å². The summed E-state index contributed by atoms with van der Waals surface area (Å²) in [4.78, 5) is 22.1. The minimum atomic E-state index is -0.0575. The summed E-state index contributed by atoms with van der Waals surface area (Å²) in [5.41, 5.74) is 1.77. The molecule has 166 valence electrons. The molecule has 2 aromatic heterocycles. The van der Waals surface area contributed by atoms with Crippen LogP contribution in [0.15, 0.2) is 79.0 Å². The summed E-state index contributed by atoms with van der Waals surface area (Å²) < 4.78 is 0. The highest BCUT2D eigenvalue weighted by Gasteiger charge is 2.40. The van der Waals surface area contributed by atoms with Crippen molar-refractivity contribution in [2.75, 3.05) is 11.9 Å². The maximum Gasteiger partial charge on any atom is 0.226 e. The summed E-state index contributed by atoms with van der Waals surface area (Å²) >= 11 is 7.46. The third-order valence-corrected chi connectivity index (χ3v) is 7.32. The number of carbonyl (C=O) groups is 1. The molecule has 0 unspecified atom stereocenters. The first-order valence-corrected chi connectivity index (χ1v) is 12.1. The van der Waals surface area contributed by atoms with Gasteiger partial charge in [0.15, 0.2) is 5.11 Å². The summed E-state index contributed by atoms with van der Waals surface area (Å²) in [6, 6.07) is 24.1. The molecule has 4 aromatic rings. The first-order chi connectivity index (χ1) is 16.1. The second-order valence-electron chi connectivity index (χ2n) is 8.09. The van der Waals surface area contributed by atoms with E-state index in [1.54, 1.807) is 17.5 Å². The monoisotopic (exact) mass is 472 g/mol. The van der Waals surface area contributed by atoms with Crippen molar-refractivity contribution in [2.24, 2.45) is 0 Å². The lowest BCUT2D eigenvalue weighted by Crippen LogP contribution is -2.32. The molecule has 5 nitrogen and oxygen atoms in total. The highest BCUT2D eigenvalue weighted by molar-refractivity contribution is 7.80. The van der Waals surface area contributed by atoms with E-state index in [9.17, 15) is 4.79 Å². The minimum absolute atomic E-state index is 0.00328. The smallest absolute Gasteiger partial charge is 0.226 e. The van der Waals surface area contributed by atoms with Gasteiger partial charge in [0.25, 0.3) is 0 Å². The van der Waals surface area contributed by atoms with E-state index in [0.29, 0.717) is 18.1 Å². The molecule has 2 aromatic carbocycles. The Balaban J connectivity index is 1.35. The quantitative estimate of drug-likeness (QED) is 0.358. The lowest BCUT2D eigenvalue weighted by Gasteiger charge is -2.26. The van der Waals surface area contributed by atoms with Crippen molar-refractivity contribution in [2.45, 2.75) is 25.4 Å².